The summed E-state index contributed by atoms with van der Waals surface area (Å²) in [5, 5.41) is 1.27. The summed E-state index contributed by atoms with van der Waals surface area (Å²) in [5.74, 6) is -0.636. The summed E-state index contributed by atoms with van der Waals surface area (Å²) >= 11 is 0. The largest absolute Gasteiger partial charge is 2.00 e. The first-order chi connectivity index (χ1) is 5.75. The fraction of sp³-hybridized carbons (Fsp3) is 0.857. The molecule has 78 valence electrons. The number of amides is 1. The van der Waals surface area contributed by atoms with E-state index in [1.807, 2.05) is 0 Å². The van der Waals surface area contributed by atoms with E-state index in [0.29, 0.717) is 0 Å². The molecule has 0 saturated heterocycles. The summed E-state index contributed by atoms with van der Waals surface area (Å²) in [6, 6.07) is 0. The molecule has 7 heteroatoms. The van der Waals surface area contributed by atoms with Crippen molar-refractivity contribution in [2.75, 3.05) is 6.54 Å². The zero-order chi connectivity index (χ0) is 10.6. The third-order valence-electron chi connectivity index (χ3n) is 1.67. The van der Waals surface area contributed by atoms with E-state index < -0.39 is 15.4 Å². The van der Waals surface area contributed by atoms with Gasteiger partial charge in [0.15, 0.2) is 0 Å². The molecule has 0 fully saturated rings. The Balaban J connectivity index is 0. The molecule has 0 aromatic rings. The Bertz CT molecular complexity index is 275. The number of nitrogens with one attached hydrogen (secondary N) is 1. The molecule has 1 N–H and O–H groups in total. The second-order valence-corrected chi connectivity index (χ2v) is 4.80. The minimum Gasteiger partial charge on any atom is -0.748 e. The van der Waals surface area contributed by atoms with Gasteiger partial charge < -0.3 is 9.87 Å². The molecule has 0 aromatic heterocycles. The van der Waals surface area contributed by atoms with Gasteiger partial charge in [0.05, 0.1) is 15.4 Å². The second kappa shape index (κ2) is 7.00. The average Bonchev–Trinajstić information content (AvgIpc) is 1.81. The fourth-order valence-corrected chi connectivity index (χ4v) is 1.87. The first-order valence-corrected chi connectivity index (χ1v) is 5.41. The monoisotopic (exact) mass is 248 g/mol. The molecule has 0 aromatic carbocycles. The van der Waals surface area contributed by atoms with Crippen LogP contribution in [0.1, 0.15) is 20.8 Å². The molecule has 0 spiro atoms. The maximum Gasteiger partial charge on any atom is 2.00 e. The molecule has 0 rings (SSSR count). The Morgan fingerprint density at radius 2 is 1.86 bits per heavy atom. The molecule has 0 bridgehead atoms. The molecule has 0 aliphatic rings. The Labute approximate surface area is 114 Å². The molecule has 5 nitrogen and oxygen atoms in total. The molecule has 0 aliphatic carbocycles. The van der Waals surface area contributed by atoms with Gasteiger partial charge >= 0.3 is 37.7 Å². The molecular formula is C7H14CaNO4S+. The molecule has 14 heavy (non-hydrogen) atoms. The van der Waals surface area contributed by atoms with Gasteiger partial charge in [0.1, 0.15) is 0 Å². The Kier molecular flexibility index (Phi) is 8.53. The van der Waals surface area contributed by atoms with Crippen LogP contribution >= 0.6 is 0 Å². The van der Waals surface area contributed by atoms with Crippen LogP contribution in [0.2, 0.25) is 0 Å². The van der Waals surface area contributed by atoms with Crippen molar-refractivity contribution in [3.05, 3.63) is 0 Å². The van der Waals surface area contributed by atoms with Crippen molar-refractivity contribution in [2.45, 2.75) is 26.0 Å². The van der Waals surface area contributed by atoms with Gasteiger partial charge in [0, 0.05) is 13.5 Å². The van der Waals surface area contributed by atoms with E-state index in [4.69, 9.17) is 0 Å². The van der Waals surface area contributed by atoms with Gasteiger partial charge in [-0.3, -0.25) is 4.79 Å². The third-order valence-corrected chi connectivity index (χ3v) is 3.12. The summed E-state index contributed by atoms with van der Waals surface area (Å²) in [6.45, 7) is 4.41. The van der Waals surface area contributed by atoms with Crippen LogP contribution in [0.3, 0.4) is 0 Å². The molecule has 0 radical (unpaired) electrons. The molecule has 1 atom stereocenters. The minimum absolute atomic E-state index is 0. The van der Waals surface area contributed by atoms with E-state index in [0.717, 1.165) is 0 Å². The molecule has 0 heterocycles. The summed E-state index contributed by atoms with van der Waals surface area (Å²) in [6.07, 6.45) is 0. The Morgan fingerprint density at radius 1 is 1.43 bits per heavy atom. The second-order valence-electron chi connectivity index (χ2n) is 3.21. The van der Waals surface area contributed by atoms with Crippen LogP contribution in [-0.4, -0.2) is 68.4 Å². The quantitative estimate of drug-likeness (QED) is 0.527. The first-order valence-electron chi connectivity index (χ1n) is 3.94. The van der Waals surface area contributed by atoms with Crippen molar-refractivity contribution in [3.8, 4) is 0 Å². The number of hydrogen-bond donors (Lipinski definition) is 1. The molecule has 1 unspecified atom stereocenters. The molecule has 1 amide bonds. The van der Waals surface area contributed by atoms with Gasteiger partial charge in [-0.2, -0.15) is 0 Å². The van der Waals surface area contributed by atoms with Crippen molar-refractivity contribution in [2.24, 2.45) is 5.92 Å². The normalized spacial score (nSPS) is 13.2. The SMILES string of the molecule is CC(=O)NCC(C(C)C)S(=O)(=O)[O-].[Ca+2]. The number of rotatable bonds is 4. The van der Waals surface area contributed by atoms with E-state index in [-0.39, 0.29) is 56.1 Å². The van der Waals surface area contributed by atoms with Gasteiger partial charge in [-0.25, -0.2) is 8.42 Å². The summed E-state index contributed by atoms with van der Waals surface area (Å²) in [4.78, 5) is 10.5. The zero-order valence-corrected chi connectivity index (χ0v) is 11.6. The van der Waals surface area contributed by atoms with Crippen molar-refractivity contribution in [1.29, 1.82) is 0 Å². The summed E-state index contributed by atoms with van der Waals surface area (Å²) in [5.41, 5.74) is 0. The Hall–Kier alpha value is 0.640. The number of carbonyl (C=O) groups excluding carboxylic acids is 1. The van der Waals surface area contributed by atoms with Crippen LogP contribution in [0.25, 0.3) is 0 Å². The summed E-state index contributed by atoms with van der Waals surface area (Å²) in [7, 11) is -4.32. The van der Waals surface area contributed by atoms with Crippen LogP contribution in [0, 0.1) is 5.92 Å². The molecule has 0 aliphatic heterocycles. The van der Waals surface area contributed by atoms with Gasteiger partial charge in [0.25, 0.3) is 0 Å². The smallest absolute Gasteiger partial charge is 0.748 e. The predicted molar refractivity (Wildman–Crippen MR) is 52.8 cm³/mol. The van der Waals surface area contributed by atoms with E-state index in [1.165, 1.54) is 6.92 Å². The third kappa shape index (κ3) is 7.00. The zero-order valence-electron chi connectivity index (χ0n) is 8.61. The minimum atomic E-state index is -4.32. The van der Waals surface area contributed by atoms with Crippen LogP contribution in [0.15, 0.2) is 0 Å². The Morgan fingerprint density at radius 3 is 2.07 bits per heavy atom. The molecular weight excluding hydrogens is 234 g/mol. The molecule has 0 saturated carbocycles. The standard InChI is InChI=1S/C7H15NO4S.Ca/c1-5(2)7(13(10,11)12)4-8-6(3)9;/h5,7H,4H2,1-3H3,(H,8,9)(H,10,11,12);/q;+2/p-1. The van der Waals surface area contributed by atoms with Crippen molar-refractivity contribution in [3.63, 3.8) is 0 Å². The maximum absolute atomic E-state index is 10.7. The van der Waals surface area contributed by atoms with Crippen LogP contribution in [0.5, 0.6) is 0 Å². The van der Waals surface area contributed by atoms with Crippen LogP contribution < -0.4 is 5.32 Å². The van der Waals surface area contributed by atoms with Crippen LogP contribution in [-0.2, 0) is 14.9 Å². The van der Waals surface area contributed by atoms with Gasteiger partial charge in [-0.05, 0) is 5.92 Å². The van der Waals surface area contributed by atoms with Gasteiger partial charge in [0.2, 0.25) is 5.91 Å². The van der Waals surface area contributed by atoms with Crippen molar-refractivity contribution < 1.29 is 17.8 Å². The predicted octanol–water partition coefficient (Wildman–Crippen LogP) is -0.688. The fourth-order valence-electron chi connectivity index (χ4n) is 0.915. The van der Waals surface area contributed by atoms with E-state index in [2.05, 4.69) is 5.32 Å². The van der Waals surface area contributed by atoms with Crippen LogP contribution in [0.4, 0.5) is 0 Å². The maximum atomic E-state index is 10.7. The number of hydrogen-bond acceptors (Lipinski definition) is 4. The first kappa shape index (κ1) is 17.0. The van der Waals surface area contributed by atoms with Crippen molar-refractivity contribution >= 4 is 53.8 Å². The van der Waals surface area contributed by atoms with Gasteiger partial charge in [-0.15, -0.1) is 0 Å². The average molecular weight is 248 g/mol. The van der Waals surface area contributed by atoms with E-state index in [1.54, 1.807) is 13.8 Å². The summed E-state index contributed by atoms with van der Waals surface area (Å²) < 4.78 is 32.0. The van der Waals surface area contributed by atoms with E-state index >= 15 is 0 Å². The van der Waals surface area contributed by atoms with Crippen molar-refractivity contribution in [1.82, 2.24) is 5.32 Å². The number of carbonyl (C=O) groups is 1. The topological polar surface area (TPSA) is 86.3 Å². The van der Waals surface area contributed by atoms with E-state index in [9.17, 15) is 17.8 Å². The van der Waals surface area contributed by atoms with Gasteiger partial charge in [-0.1, -0.05) is 13.8 Å².